The van der Waals surface area contributed by atoms with Gasteiger partial charge in [-0.25, -0.2) is 0 Å². The standard InChI is InChI=1S/C14H19BrClN3O2S/c1-8-5-9(15)6-10(16)12(8)21-7-11(20)18-19-13(22)17-14(2,3)4/h5-6H,7H2,1-4H3,(H,18,20)(H2,17,19,22). The second kappa shape index (κ2) is 7.99. The molecule has 122 valence electrons. The number of ether oxygens (including phenoxy) is 1. The zero-order valence-electron chi connectivity index (χ0n) is 12.8. The lowest BCUT2D eigenvalue weighted by Gasteiger charge is -2.23. The third-order valence-corrected chi connectivity index (χ3v) is 3.29. The highest BCUT2D eigenvalue weighted by Crippen LogP contribution is 2.31. The number of carbonyl (C=O) groups excluding carboxylic acids is 1. The van der Waals surface area contributed by atoms with E-state index in [2.05, 4.69) is 32.1 Å². The van der Waals surface area contributed by atoms with Crippen LogP contribution in [-0.4, -0.2) is 23.2 Å². The Labute approximate surface area is 149 Å². The van der Waals surface area contributed by atoms with E-state index in [1.54, 1.807) is 6.07 Å². The molecule has 1 aromatic carbocycles. The molecule has 0 aliphatic carbocycles. The van der Waals surface area contributed by atoms with Crippen LogP contribution in [-0.2, 0) is 4.79 Å². The van der Waals surface area contributed by atoms with Gasteiger partial charge in [-0.15, -0.1) is 0 Å². The lowest BCUT2D eigenvalue weighted by Crippen LogP contribution is -2.53. The van der Waals surface area contributed by atoms with Crippen LogP contribution in [0.25, 0.3) is 0 Å². The van der Waals surface area contributed by atoms with Crippen molar-refractivity contribution in [2.45, 2.75) is 33.2 Å². The molecule has 0 atom stereocenters. The Morgan fingerprint density at radius 3 is 2.55 bits per heavy atom. The molecule has 1 aromatic rings. The molecular weight excluding hydrogens is 390 g/mol. The Morgan fingerprint density at radius 2 is 2.00 bits per heavy atom. The molecule has 0 radical (unpaired) electrons. The minimum atomic E-state index is -0.364. The van der Waals surface area contributed by atoms with Gasteiger partial charge in [-0.2, -0.15) is 0 Å². The fourth-order valence-electron chi connectivity index (χ4n) is 1.54. The number of hydrogen-bond donors (Lipinski definition) is 3. The summed E-state index contributed by atoms with van der Waals surface area (Å²) in [6, 6.07) is 3.57. The minimum Gasteiger partial charge on any atom is -0.482 e. The average molecular weight is 409 g/mol. The molecule has 1 rings (SSSR count). The van der Waals surface area contributed by atoms with E-state index in [1.165, 1.54) is 0 Å². The van der Waals surface area contributed by atoms with Gasteiger partial charge in [0.05, 0.1) is 5.02 Å². The fraction of sp³-hybridized carbons (Fsp3) is 0.429. The Balaban J connectivity index is 2.46. The van der Waals surface area contributed by atoms with Crippen molar-refractivity contribution in [1.29, 1.82) is 0 Å². The maximum atomic E-state index is 11.7. The van der Waals surface area contributed by atoms with Crippen molar-refractivity contribution in [3.05, 3.63) is 27.2 Å². The number of aryl methyl sites for hydroxylation is 1. The smallest absolute Gasteiger partial charge is 0.276 e. The molecule has 8 heteroatoms. The summed E-state index contributed by atoms with van der Waals surface area (Å²) in [5.41, 5.74) is 5.72. The topological polar surface area (TPSA) is 62.4 Å². The van der Waals surface area contributed by atoms with E-state index >= 15 is 0 Å². The molecule has 0 aliphatic heterocycles. The number of hydrazine groups is 1. The number of hydrogen-bond acceptors (Lipinski definition) is 3. The fourth-order valence-corrected chi connectivity index (χ4v) is 2.93. The highest BCUT2D eigenvalue weighted by atomic mass is 79.9. The third-order valence-electron chi connectivity index (χ3n) is 2.35. The van der Waals surface area contributed by atoms with Crippen LogP contribution in [0.5, 0.6) is 5.75 Å². The van der Waals surface area contributed by atoms with Gasteiger partial charge in [0, 0.05) is 10.0 Å². The van der Waals surface area contributed by atoms with Crippen molar-refractivity contribution < 1.29 is 9.53 Å². The molecule has 1 amide bonds. The van der Waals surface area contributed by atoms with Crippen LogP contribution in [0.2, 0.25) is 5.02 Å². The molecule has 0 saturated carbocycles. The SMILES string of the molecule is Cc1cc(Br)cc(Cl)c1OCC(=O)NNC(=S)NC(C)(C)C. The number of benzene rings is 1. The van der Waals surface area contributed by atoms with E-state index in [0.717, 1.165) is 10.0 Å². The maximum absolute atomic E-state index is 11.7. The first-order valence-electron chi connectivity index (χ1n) is 6.54. The molecule has 0 saturated heterocycles. The van der Waals surface area contributed by atoms with E-state index in [9.17, 15) is 4.79 Å². The van der Waals surface area contributed by atoms with Crippen LogP contribution in [0.15, 0.2) is 16.6 Å². The first-order chi connectivity index (χ1) is 10.1. The molecule has 0 spiro atoms. The first-order valence-corrected chi connectivity index (χ1v) is 8.12. The van der Waals surface area contributed by atoms with Crippen molar-refractivity contribution in [2.24, 2.45) is 0 Å². The third kappa shape index (κ3) is 6.81. The highest BCUT2D eigenvalue weighted by molar-refractivity contribution is 9.10. The van der Waals surface area contributed by atoms with Gasteiger partial charge in [0.2, 0.25) is 0 Å². The molecule has 3 N–H and O–H groups in total. The van der Waals surface area contributed by atoms with Crippen molar-refractivity contribution in [3.8, 4) is 5.75 Å². The number of rotatable bonds is 3. The van der Waals surface area contributed by atoms with Crippen LogP contribution >= 0.6 is 39.7 Å². The van der Waals surface area contributed by atoms with Crippen molar-refractivity contribution >= 4 is 50.8 Å². The van der Waals surface area contributed by atoms with Gasteiger partial charge in [0.1, 0.15) is 5.75 Å². The summed E-state index contributed by atoms with van der Waals surface area (Å²) in [6.45, 7) is 7.57. The Bertz CT molecular complexity index is 553. The van der Waals surface area contributed by atoms with Gasteiger partial charge in [-0.1, -0.05) is 27.5 Å². The van der Waals surface area contributed by atoms with Crippen LogP contribution in [0.1, 0.15) is 26.3 Å². The number of amides is 1. The summed E-state index contributed by atoms with van der Waals surface area (Å²) in [5.74, 6) is 0.117. The zero-order chi connectivity index (χ0) is 16.9. The van der Waals surface area contributed by atoms with Crippen molar-refractivity contribution in [3.63, 3.8) is 0 Å². The van der Waals surface area contributed by atoms with Crippen LogP contribution in [0.4, 0.5) is 0 Å². The largest absolute Gasteiger partial charge is 0.482 e. The molecule has 5 nitrogen and oxygen atoms in total. The van der Waals surface area contributed by atoms with E-state index < -0.39 is 0 Å². The molecule has 0 aromatic heterocycles. The molecule has 0 aliphatic rings. The van der Waals surface area contributed by atoms with Crippen LogP contribution in [0.3, 0.4) is 0 Å². The zero-order valence-corrected chi connectivity index (χ0v) is 16.0. The monoisotopic (exact) mass is 407 g/mol. The Morgan fingerprint density at radius 1 is 1.36 bits per heavy atom. The van der Waals surface area contributed by atoms with E-state index in [1.807, 2.05) is 33.8 Å². The Kier molecular flexibility index (Phi) is 6.90. The number of thiocarbonyl (C=S) groups is 1. The number of halogens is 2. The lowest BCUT2D eigenvalue weighted by atomic mass is 10.1. The normalized spacial score (nSPS) is 10.8. The second-order valence-corrected chi connectivity index (χ2v) is 7.43. The summed E-state index contributed by atoms with van der Waals surface area (Å²) in [7, 11) is 0. The van der Waals surface area contributed by atoms with Gasteiger partial charge in [0.15, 0.2) is 11.7 Å². The Hall–Kier alpha value is -1.05. The maximum Gasteiger partial charge on any atom is 0.276 e. The van der Waals surface area contributed by atoms with E-state index in [-0.39, 0.29) is 18.1 Å². The summed E-state index contributed by atoms with van der Waals surface area (Å²) in [4.78, 5) is 11.7. The number of carbonyl (C=O) groups is 1. The minimum absolute atomic E-state index is 0.173. The lowest BCUT2D eigenvalue weighted by molar-refractivity contribution is -0.123. The van der Waals surface area contributed by atoms with Gasteiger partial charge >= 0.3 is 0 Å². The first kappa shape index (κ1) is 19.0. The second-order valence-electron chi connectivity index (χ2n) is 5.70. The average Bonchev–Trinajstić information content (AvgIpc) is 2.32. The highest BCUT2D eigenvalue weighted by Gasteiger charge is 2.12. The van der Waals surface area contributed by atoms with E-state index in [4.69, 9.17) is 28.6 Å². The van der Waals surface area contributed by atoms with Crippen LogP contribution in [0, 0.1) is 6.92 Å². The summed E-state index contributed by atoms with van der Waals surface area (Å²) in [6.07, 6.45) is 0. The van der Waals surface area contributed by atoms with Gasteiger partial charge in [0.25, 0.3) is 5.91 Å². The predicted octanol–water partition coefficient (Wildman–Crippen LogP) is 3.08. The molecule has 22 heavy (non-hydrogen) atoms. The predicted molar refractivity (Wildman–Crippen MR) is 96.1 cm³/mol. The number of nitrogens with one attached hydrogen (secondary N) is 3. The van der Waals surface area contributed by atoms with Gasteiger partial charge < -0.3 is 10.1 Å². The summed E-state index contributed by atoms with van der Waals surface area (Å²) >= 11 is 14.5. The summed E-state index contributed by atoms with van der Waals surface area (Å²) in [5, 5.41) is 3.79. The van der Waals surface area contributed by atoms with Crippen LogP contribution < -0.4 is 20.9 Å². The molecule has 0 unspecified atom stereocenters. The molecule has 0 fully saturated rings. The summed E-state index contributed by atoms with van der Waals surface area (Å²) < 4.78 is 6.30. The van der Waals surface area contributed by atoms with Gasteiger partial charge in [-0.3, -0.25) is 15.6 Å². The van der Waals surface area contributed by atoms with E-state index in [0.29, 0.717) is 15.9 Å². The van der Waals surface area contributed by atoms with Crippen molar-refractivity contribution in [1.82, 2.24) is 16.2 Å². The van der Waals surface area contributed by atoms with Crippen molar-refractivity contribution in [2.75, 3.05) is 6.61 Å². The molecular formula is C14H19BrClN3O2S. The molecule has 0 bridgehead atoms. The quantitative estimate of drug-likeness (QED) is 0.530. The van der Waals surface area contributed by atoms with Gasteiger partial charge in [-0.05, 0) is 57.6 Å². The molecule has 0 heterocycles.